The van der Waals surface area contributed by atoms with Gasteiger partial charge in [0.2, 0.25) is 24.2 Å². The van der Waals surface area contributed by atoms with Crippen molar-refractivity contribution in [3.8, 4) is 23.0 Å². The predicted molar refractivity (Wildman–Crippen MR) is 228 cm³/mol. The van der Waals surface area contributed by atoms with Crippen molar-refractivity contribution < 1.29 is 37.9 Å². The molecule has 5 aromatic carbocycles. The summed E-state index contributed by atoms with van der Waals surface area (Å²) in [6, 6.07) is 24.8. The van der Waals surface area contributed by atoms with E-state index in [-0.39, 0.29) is 67.5 Å². The highest BCUT2D eigenvalue weighted by Crippen LogP contribution is 2.51. The quantitative estimate of drug-likeness (QED) is 0.0763. The van der Waals surface area contributed by atoms with Crippen molar-refractivity contribution in [2.75, 3.05) is 28.4 Å². The molecular formula is C48H53O8P. The molecule has 0 aliphatic rings. The lowest BCUT2D eigenvalue weighted by atomic mass is 9.82. The number of methoxy groups -OCH3 is 4. The minimum absolute atomic E-state index is 0.00297. The summed E-state index contributed by atoms with van der Waals surface area (Å²) in [5, 5.41) is 0.243. The zero-order valence-electron chi connectivity index (χ0n) is 34.9. The molecule has 0 aliphatic carbocycles. The van der Waals surface area contributed by atoms with Gasteiger partial charge in [-0.2, -0.15) is 0 Å². The highest BCUT2D eigenvalue weighted by molar-refractivity contribution is 7.93. The van der Waals surface area contributed by atoms with Crippen molar-refractivity contribution in [1.29, 1.82) is 0 Å². The van der Waals surface area contributed by atoms with Crippen molar-refractivity contribution >= 4 is 34.8 Å². The summed E-state index contributed by atoms with van der Waals surface area (Å²) in [6.45, 7) is 14.7. The van der Waals surface area contributed by atoms with Gasteiger partial charge in [-0.3, -0.25) is 14.4 Å². The molecular weight excluding hydrogens is 735 g/mol. The van der Waals surface area contributed by atoms with Gasteiger partial charge in [-0.15, -0.1) is 0 Å². The highest BCUT2D eigenvalue weighted by Gasteiger charge is 2.44. The molecule has 298 valence electrons. The number of carbonyl (C=O) groups is 3. The second kappa shape index (κ2) is 17.4. The molecule has 0 amide bonds. The van der Waals surface area contributed by atoms with Crippen LogP contribution >= 0.6 is 7.14 Å². The molecule has 9 heteroatoms. The van der Waals surface area contributed by atoms with Gasteiger partial charge in [-0.1, -0.05) is 82.3 Å². The molecule has 0 spiro atoms. The van der Waals surface area contributed by atoms with Crippen LogP contribution in [0.15, 0.2) is 91.0 Å². The van der Waals surface area contributed by atoms with Gasteiger partial charge in [0, 0.05) is 27.3 Å². The molecule has 0 bridgehead atoms. The third-order valence-corrected chi connectivity index (χ3v) is 13.7. The number of carbonyl (C=O) groups excluding carboxylic acids is 3. The second-order valence-corrected chi connectivity index (χ2v) is 18.3. The first kappa shape index (κ1) is 42.7. The van der Waals surface area contributed by atoms with Crippen LogP contribution < -0.4 is 29.6 Å². The van der Waals surface area contributed by atoms with E-state index in [1.54, 1.807) is 72.8 Å². The monoisotopic (exact) mass is 788 g/mol. The first-order valence-corrected chi connectivity index (χ1v) is 20.7. The van der Waals surface area contributed by atoms with Crippen molar-refractivity contribution in [3.63, 3.8) is 0 Å². The molecule has 0 aromatic heterocycles. The van der Waals surface area contributed by atoms with E-state index in [0.29, 0.717) is 17.3 Å². The van der Waals surface area contributed by atoms with Crippen molar-refractivity contribution in [3.05, 3.63) is 141 Å². The van der Waals surface area contributed by atoms with Crippen LogP contribution in [0.4, 0.5) is 0 Å². The lowest BCUT2D eigenvalue weighted by Gasteiger charge is -2.28. The molecule has 2 unspecified atom stereocenters. The Morgan fingerprint density at radius 3 is 1.58 bits per heavy atom. The second-order valence-electron chi connectivity index (χ2n) is 15.7. The van der Waals surface area contributed by atoms with Crippen LogP contribution in [0.1, 0.15) is 98.6 Å². The Kier molecular flexibility index (Phi) is 13.0. The van der Waals surface area contributed by atoms with E-state index in [1.165, 1.54) is 40.6 Å². The normalized spacial score (nSPS) is 13.0. The molecule has 5 aromatic rings. The van der Waals surface area contributed by atoms with Crippen LogP contribution in [0.2, 0.25) is 0 Å². The first-order chi connectivity index (χ1) is 27.0. The Hall–Kier alpha value is -5.46. The minimum Gasteiger partial charge on any atom is -0.496 e. The fraction of sp³-hybridized carbons (Fsp3) is 0.312. The summed E-state index contributed by atoms with van der Waals surface area (Å²) in [5.41, 5.74) is 2.96. The fourth-order valence-electron chi connectivity index (χ4n) is 7.88. The molecule has 0 saturated carbocycles. The van der Waals surface area contributed by atoms with Crippen molar-refractivity contribution in [2.45, 2.75) is 61.3 Å². The molecule has 0 N–H and O–H groups in total. The average molecular weight is 789 g/mol. The fourth-order valence-corrected chi connectivity index (χ4v) is 10.9. The van der Waals surface area contributed by atoms with E-state index in [9.17, 15) is 0 Å². The van der Waals surface area contributed by atoms with E-state index >= 15 is 18.9 Å². The summed E-state index contributed by atoms with van der Waals surface area (Å²) in [5.74, 6) is -0.307. The molecule has 57 heavy (non-hydrogen) atoms. The Morgan fingerprint density at radius 1 is 0.596 bits per heavy atom. The average Bonchev–Trinajstić information content (AvgIpc) is 3.21. The summed E-state index contributed by atoms with van der Waals surface area (Å²) in [7, 11) is 1.17. The van der Waals surface area contributed by atoms with Crippen LogP contribution in [0, 0.1) is 32.1 Å². The van der Waals surface area contributed by atoms with Gasteiger partial charge in [0.05, 0.1) is 28.4 Å². The van der Waals surface area contributed by atoms with E-state index in [0.717, 1.165) is 23.1 Å². The number of rotatable bonds is 15. The Balaban J connectivity index is 1.96. The van der Waals surface area contributed by atoms with Gasteiger partial charge < -0.3 is 23.5 Å². The zero-order chi connectivity index (χ0) is 41.8. The van der Waals surface area contributed by atoms with Crippen LogP contribution in [0.25, 0.3) is 0 Å². The van der Waals surface area contributed by atoms with Crippen molar-refractivity contribution in [1.82, 2.24) is 0 Å². The number of ether oxygens (including phenoxy) is 4. The number of hydrogen-bond donors (Lipinski definition) is 0. The molecule has 2 atom stereocenters. The zero-order valence-corrected chi connectivity index (χ0v) is 35.8. The lowest BCUT2D eigenvalue weighted by molar-refractivity contribution is 0.0997. The maximum absolute atomic E-state index is 16.8. The van der Waals surface area contributed by atoms with E-state index in [2.05, 4.69) is 34.6 Å². The largest absolute Gasteiger partial charge is 0.496 e. The molecule has 0 heterocycles. The molecule has 0 saturated heterocycles. The maximum Gasteiger partial charge on any atom is 0.230 e. The van der Waals surface area contributed by atoms with Crippen LogP contribution in [0.5, 0.6) is 23.0 Å². The first-order valence-electron chi connectivity index (χ1n) is 19.0. The summed E-state index contributed by atoms with van der Waals surface area (Å²) < 4.78 is 39.4. The third kappa shape index (κ3) is 8.33. The smallest absolute Gasteiger partial charge is 0.230 e. The summed E-state index contributed by atoms with van der Waals surface area (Å²) in [6.07, 6.45) is 1.64. The summed E-state index contributed by atoms with van der Waals surface area (Å²) in [4.78, 5) is 45.8. The van der Waals surface area contributed by atoms with Gasteiger partial charge in [0.1, 0.15) is 34.1 Å². The Labute approximate surface area is 336 Å². The van der Waals surface area contributed by atoms with E-state index in [4.69, 9.17) is 18.9 Å². The maximum atomic E-state index is 16.8. The van der Waals surface area contributed by atoms with Crippen molar-refractivity contribution in [2.24, 2.45) is 11.3 Å². The minimum atomic E-state index is -4.54. The summed E-state index contributed by atoms with van der Waals surface area (Å²) >= 11 is 0. The third-order valence-electron chi connectivity index (χ3n) is 10.6. The van der Waals surface area contributed by atoms with Gasteiger partial charge >= 0.3 is 0 Å². The number of benzene rings is 5. The molecule has 0 fully saturated rings. The van der Waals surface area contributed by atoms with Gasteiger partial charge in [0.15, 0.2) is 0 Å². The SMILES string of the molecule is COc1cccc(OC)c1C(=O)c1cccc(P(=O)(C(=O)c2ccccc2)c2cc(CC(C)CC(C)(C)C)c(C)c(C)c2C)c1C(=O)c1c(OC)cccc1OC. The van der Waals surface area contributed by atoms with Crippen LogP contribution in [-0.2, 0) is 11.0 Å². The molecule has 8 nitrogen and oxygen atoms in total. The van der Waals surface area contributed by atoms with Crippen LogP contribution in [-0.4, -0.2) is 45.5 Å². The van der Waals surface area contributed by atoms with Gasteiger partial charge in [-0.25, -0.2) is 0 Å². The molecule has 5 rings (SSSR count). The van der Waals surface area contributed by atoms with E-state index < -0.39 is 24.2 Å². The number of hydrogen-bond acceptors (Lipinski definition) is 8. The predicted octanol–water partition coefficient (Wildman–Crippen LogP) is 9.88. The Morgan fingerprint density at radius 2 is 1.09 bits per heavy atom. The van der Waals surface area contributed by atoms with Gasteiger partial charge in [-0.05, 0) is 104 Å². The standard InChI is InChI=1S/C48H53O8P/c1-29(28-48(5,6)7)26-34-27-41(32(4)30(2)31(34)3)57(52,47(51)33-18-13-12-14-19-33)40-25-15-20-35(45(49)43-36(53-8)21-16-22-37(43)54-9)42(40)46(50)44-38(55-10)23-17-24-39(44)56-11/h12-25,27,29H,26,28H2,1-11H3. The van der Waals surface area contributed by atoms with Crippen LogP contribution in [0.3, 0.4) is 0 Å². The highest BCUT2D eigenvalue weighted by atomic mass is 31.2. The lowest BCUT2D eigenvalue weighted by Crippen LogP contribution is -2.32. The van der Waals surface area contributed by atoms with E-state index in [1.807, 2.05) is 19.9 Å². The van der Waals surface area contributed by atoms with Gasteiger partial charge in [0.25, 0.3) is 0 Å². The topological polar surface area (TPSA) is 105 Å². The number of ketones is 2. The molecule has 0 aliphatic heterocycles. The molecule has 0 radical (unpaired) electrons. The Bertz CT molecular complexity index is 2330.